The molecular formula is C15H14F3N7O2. The van der Waals surface area contributed by atoms with Crippen LogP contribution in [0.2, 0.25) is 0 Å². The number of aromatic nitrogens is 2. The summed E-state index contributed by atoms with van der Waals surface area (Å²) in [6.45, 7) is 1.81. The molecule has 1 aromatic heterocycles. The summed E-state index contributed by atoms with van der Waals surface area (Å²) in [6, 6.07) is 4.49. The van der Waals surface area contributed by atoms with Gasteiger partial charge in [0.1, 0.15) is 6.07 Å². The molecule has 0 aliphatic rings. The monoisotopic (exact) mass is 381 g/mol. The Kier molecular flexibility index (Phi) is 5.54. The molecule has 9 nitrogen and oxygen atoms in total. The quantitative estimate of drug-likeness (QED) is 0.674. The molecule has 0 unspecified atom stereocenters. The van der Waals surface area contributed by atoms with Crippen molar-refractivity contribution in [3.05, 3.63) is 35.4 Å². The minimum absolute atomic E-state index is 0.150. The number of halogens is 3. The van der Waals surface area contributed by atoms with Gasteiger partial charge in [-0.1, -0.05) is 6.07 Å². The average Bonchev–Trinajstić information content (AvgIpc) is 2.59. The lowest BCUT2D eigenvalue weighted by Gasteiger charge is -2.23. The maximum absolute atomic E-state index is 12.9. The molecule has 12 heteroatoms. The third-order valence-corrected chi connectivity index (χ3v) is 3.16. The molecule has 0 saturated carbocycles. The molecule has 0 saturated heterocycles. The first-order valence-electron chi connectivity index (χ1n) is 7.41. The van der Waals surface area contributed by atoms with Crippen LogP contribution in [0.25, 0.3) is 0 Å². The molecule has 0 aliphatic heterocycles. The Bertz CT molecular complexity index is 896. The summed E-state index contributed by atoms with van der Waals surface area (Å²) in [5.41, 5.74) is 11.8. The predicted octanol–water partition coefficient (Wildman–Crippen LogP) is 2.26. The molecule has 0 fully saturated rings. The number of hydrogen-bond donors (Lipinski definition) is 3. The minimum Gasteiger partial charge on any atom is -0.477 e. The third kappa shape index (κ3) is 4.46. The second kappa shape index (κ2) is 7.65. The van der Waals surface area contributed by atoms with Crippen LogP contribution < -0.4 is 26.6 Å². The zero-order valence-electron chi connectivity index (χ0n) is 13.9. The number of urea groups is 1. The van der Waals surface area contributed by atoms with Crippen molar-refractivity contribution >= 4 is 23.5 Å². The molecule has 0 bridgehead atoms. The number of nitrogen functional groups attached to an aromatic ring is 1. The number of nitriles is 1. The molecule has 2 rings (SSSR count). The van der Waals surface area contributed by atoms with E-state index in [1.165, 1.54) is 6.07 Å². The number of nitrogens with zero attached hydrogens (tertiary/aromatic N) is 4. The van der Waals surface area contributed by atoms with E-state index < -0.39 is 17.8 Å². The third-order valence-electron chi connectivity index (χ3n) is 3.16. The highest BCUT2D eigenvalue weighted by atomic mass is 19.4. The zero-order chi connectivity index (χ0) is 20.2. The average molecular weight is 381 g/mol. The Morgan fingerprint density at radius 1 is 1.41 bits per heavy atom. The van der Waals surface area contributed by atoms with Crippen LogP contribution in [0.4, 0.5) is 35.4 Å². The fourth-order valence-corrected chi connectivity index (χ4v) is 2.05. The van der Waals surface area contributed by atoms with Crippen molar-refractivity contribution in [2.75, 3.05) is 22.8 Å². The summed E-state index contributed by atoms with van der Waals surface area (Å²) in [5, 5.41) is 9.91. The van der Waals surface area contributed by atoms with Gasteiger partial charge < -0.3 is 16.2 Å². The van der Waals surface area contributed by atoms with Crippen LogP contribution in [0.3, 0.4) is 0 Å². The number of hydrogen-bond acceptors (Lipinski definition) is 7. The maximum atomic E-state index is 12.9. The first kappa shape index (κ1) is 19.6. The van der Waals surface area contributed by atoms with Crippen molar-refractivity contribution in [1.29, 1.82) is 5.26 Å². The zero-order valence-corrected chi connectivity index (χ0v) is 13.9. The lowest BCUT2D eigenvalue weighted by Crippen LogP contribution is -2.41. The number of primary amides is 1. The highest BCUT2D eigenvalue weighted by molar-refractivity contribution is 5.93. The number of nitrogens with two attached hydrogens (primary N) is 2. The first-order chi connectivity index (χ1) is 12.7. The van der Waals surface area contributed by atoms with Crippen molar-refractivity contribution in [2.45, 2.75) is 13.1 Å². The second-order valence-corrected chi connectivity index (χ2v) is 4.99. The second-order valence-electron chi connectivity index (χ2n) is 4.99. The van der Waals surface area contributed by atoms with Crippen LogP contribution in [0.5, 0.6) is 5.88 Å². The smallest absolute Gasteiger partial charge is 0.416 e. The van der Waals surface area contributed by atoms with Gasteiger partial charge in [-0.25, -0.2) is 9.80 Å². The van der Waals surface area contributed by atoms with Crippen LogP contribution in [-0.4, -0.2) is 22.6 Å². The number of benzene rings is 1. The Hall–Kier alpha value is -3.75. The van der Waals surface area contributed by atoms with Crippen LogP contribution in [-0.2, 0) is 6.18 Å². The molecule has 0 atom stereocenters. The minimum atomic E-state index is -4.63. The van der Waals surface area contributed by atoms with E-state index in [9.17, 15) is 23.2 Å². The van der Waals surface area contributed by atoms with Gasteiger partial charge >= 0.3 is 12.2 Å². The van der Waals surface area contributed by atoms with Crippen LogP contribution >= 0.6 is 0 Å². The number of hydrazine groups is 1. The van der Waals surface area contributed by atoms with E-state index in [1.54, 1.807) is 13.0 Å². The molecule has 1 aromatic carbocycles. The number of carbonyl (C=O) groups excluding carboxylic acids is 1. The number of nitrogens with one attached hydrogen (secondary N) is 1. The Morgan fingerprint density at radius 2 is 2.11 bits per heavy atom. The lowest BCUT2D eigenvalue weighted by molar-refractivity contribution is -0.137. The van der Waals surface area contributed by atoms with E-state index in [4.69, 9.17) is 16.2 Å². The van der Waals surface area contributed by atoms with Gasteiger partial charge in [0.25, 0.3) is 0 Å². The Labute approximate surface area is 151 Å². The molecule has 2 amide bonds. The maximum Gasteiger partial charge on any atom is 0.416 e. The molecular weight excluding hydrogens is 367 g/mol. The van der Waals surface area contributed by atoms with E-state index >= 15 is 0 Å². The molecule has 0 spiro atoms. The molecule has 0 radical (unpaired) electrons. The number of ether oxygens (including phenoxy) is 1. The van der Waals surface area contributed by atoms with Gasteiger partial charge in [-0.05, 0) is 25.1 Å². The highest BCUT2D eigenvalue weighted by Gasteiger charge is 2.31. The molecule has 1 heterocycles. The molecule has 2 aromatic rings. The fourth-order valence-electron chi connectivity index (χ4n) is 2.05. The normalized spacial score (nSPS) is 10.8. The van der Waals surface area contributed by atoms with Crippen LogP contribution in [0.15, 0.2) is 24.3 Å². The molecule has 142 valence electrons. The summed E-state index contributed by atoms with van der Waals surface area (Å²) in [7, 11) is 0. The summed E-state index contributed by atoms with van der Waals surface area (Å²) in [5.74, 6) is -0.693. The first-order valence-corrected chi connectivity index (χ1v) is 7.41. The lowest BCUT2D eigenvalue weighted by atomic mass is 10.2. The molecule has 27 heavy (non-hydrogen) atoms. The van der Waals surface area contributed by atoms with Crippen LogP contribution in [0, 0.1) is 11.3 Å². The van der Waals surface area contributed by atoms with E-state index in [1.807, 2.05) is 0 Å². The topological polar surface area (TPSA) is 143 Å². The summed E-state index contributed by atoms with van der Waals surface area (Å²) in [4.78, 5) is 19.3. The van der Waals surface area contributed by atoms with E-state index in [-0.39, 0.29) is 35.5 Å². The molecule has 5 N–H and O–H groups in total. The van der Waals surface area contributed by atoms with Gasteiger partial charge in [-0.15, -0.1) is 0 Å². The number of amides is 2. The van der Waals surface area contributed by atoms with Crippen molar-refractivity contribution in [2.24, 2.45) is 5.73 Å². The van der Waals surface area contributed by atoms with Gasteiger partial charge in [-0.3, -0.25) is 5.43 Å². The van der Waals surface area contributed by atoms with E-state index in [0.29, 0.717) is 11.1 Å². The fraction of sp³-hybridized carbons (Fsp3) is 0.200. The largest absolute Gasteiger partial charge is 0.477 e. The van der Waals surface area contributed by atoms with E-state index in [0.717, 1.165) is 12.1 Å². The predicted molar refractivity (Wildman–Crippen MR) is 89.5 cm³/mol. The summed E-state index contributed by atoms with van der Waals surface area (Å²) in [6.07, 6.45) is -4.63. The van der Waals surface area contributed by atoms with Crippen molar-refractivity contribution < 1.29 is 22.7 Å². The van der Waals surface area contributed by atoms with Crippen molar-refractivity contribution in [1.82, 2.24) is 9.97 Å². The number of anilines is 3. The Morgan fingerprint density at radius 3 is 2.67 bits per heavy atom. The van der Waals surface area contributed by atoms with E-state index in [2.05, 4.69) is 15.4 Å². The summed E-state index contributed by atoms with van der Waals surface area (Å²) < 4.78 is 43.9. The van der Waals surface area contributed by atoms with Gasteiger partial charge in [0.05, 0.1) is 17.9 Å². The van der Waals surface area contributed by atoms with Crippen molar-refractivity contribution in [3.8, 4) is 11.9 Å². The van der Waals surface area contributed by atoms with Gasteiger partial charge in [0.2, 0.25) is 11.8 Å². The standard InChI is InChI=1S/C15H14F3N7O2/c1-2-27-12-10(7-19)11(22-13(20)23-12)24-25(14(21)26)9-5-3-4-8(6-9)15(16,17)18/h3-6H,2H2,1H3,(H2,21,26)(H3,20,22,23,24). The Balaban J connectivity index is 2.50. The van der Waals surface area contributed by atoms with Crippen molar-refractivity contribution in [3.63, 3.8) is 0 Å². The van der Waals surface area contributed by atoms with Crippen LogP contribution in [0.1, 0.15) is 18.1 Å². The van der Waals surface area contributed by atoms with Gasteiger partial charge in [0.15, 0.2) is 11.4 Å². The van der Waals surface area contributed by atoms with Gasteiger partial charge in [0, 0.05) is 0 Å². The SMILES string of the molecule is CCOc1nc(N)nc(NN(C(N)=O)c2cccc(C(F)(F)F)c2)c1C#N. The highest BCUT2D eigenvalue weighted by Crippen LogP contribution is 2.32. The number of alkyl halides is 3. The molecule has 0 aliphatic carbocycles. The number of carbonyl (C=O) groups is 1. The van der Waals surface area contributed by atoms with Gasteiger partial charge in [-0.2, -0.15) is 28.4 Å². The number of rotatable bonds is 5. The summed E-state index contributed by atoms with van der Waals surface area (Å²) >= 11 is 0.